The number of carbonyl (C=O) groups is 2. The van der Waals surface area contributed by atoms with Crippen LogP contribution in [0.2, 0.25) is 0 Å². The Kier molecular flexibility index (Phi) is 3.12. The zero-order chi connectivity index (χ0) is 16.1. The number of amides is 1. The van der Waals surface area contributed by atoms with Gasteiger partial charge in [-0.2, -0.15) is 0 Å². The lowest BCUT2D eigenvalue weighted by molar-refractivity contribution is 0.0984. The second kappa shape index (κ2) is 5.05. The summed E-state index contributed by atoms with van der Waals surface area (Å²) in [6.45, 7) is 4.89. The van der Waals surface area contributed by atoms with E-state index in [1.54, 1.807) is 0 Å². The lowest BCUT2D eigenvalue weighted by atomic mass is 10.0. The number of anilines is 1. The molecule has 1 amide bonds. The minimum atomic E-state index is 0.0281. The minimum Gasteiger partial charge on any atom is -0.308 e. The van der Waals surface area contributed by atoms with E-state index < -0.39 is 0 Å². The Morgan fingerprint density at radius 1 is 1.04 bits per heavy atom. The third kappa shape index (κ3) is 2.11. The van der Waals surface area contributed by atoms with Crippen molar-refractivity contribution >= 4 is 17.4 Å². The van der Waals surface area contributed by atoms with Gasteiger partial charge in [0.05, 0.1) is 0 Å². The number of ketones is 1. The van der Waals surface area contributed by atoms with Crippen molar-refractivity contribution < 1.29 is 9.59 Å². The van der Waals surface area contributed by atoms with Crippen LogP contribution < -0.4 is 4.90 Å². The van der Waals surface area contributed by atoms with Crippen LogP contribution in [-0.2, 0) is 12.8 Å². The fraction of sp³-hybridized carbons (Fsp3) is 0.300. The molecular formula is C20H19NO2. The highest BCUT2D eigenvalue weighted by Crippen LogP contribution is 2.34. The molecule has 0 unspecified atom stereocenters. The lowest BCUT2D eigenvalue weighted by Gasteiger charge is -2.20. The predicted molar refractivity (Wildman–Crippen MR) is 90.4 cm³/mol. The topological polar surface area (TPSA) is 37.4 Å². The maximum absolute atomic E-state index is 13.1. The van der Waals surface area contributed by atoms with E-state index in [1.165, 1.54) is 16.7 Å². The van der Waals surface area contributed by atoms with Crippen LogP contribution in [0.15, 0.2) is 30.3 Å². The third-order valence-corrected chi connectivity index (χ3v) is 5.02. The Bertz CT molecular complexity index is 851. The first-order chi connectivity index (χ1) is 11.1. The zero-order valence-corrected chi connectivity index (χ0v) is 13.5. The van der Waals surface area contributed by atoms with Crippen molar-refractivity contribution in [3.05, 3.63) is 63.7 Å². The minimum absolute atomic E-state index is 0.0281. The van der Waals surface area contributed by atoms with E-state index in [4.69, 9.17) is 0 Å². The zero-order valence-electron chi connectivity index (χ0n) is 13.5. The number of benzene rings is 2. The molecular weight excluding hydrogens is 286 g/mol. The van der Waals surface area contributed by atoms with Gasteiger partial charge in [0, 0.05) is 29.8 Å². The van der Waals surface area contributed by atoms with Crippen LogP contribution in [0.5, 0.6) is 0 Å². The van der Waals surface area contributed by atoms with Gasteiger partial charge in [-0.15, -0.1) is 0 Å². The van der Waals surface area contributed by atoms with Gasteiger partial charge in [-0.25, -0.2) is 0 Å². The molecule has 0 atom stereocenters. The van der Waals surface area contributed by atoms with Gasteiger partial charge in [0.1, 0.15) is 0 Å². The number of aryl methyl sites for hydroxylation is 2. The molecule has 0 radical (unpaired) electrons. The second-order valence-corrected chi connectivity index (χ2v) is 6.54. The summed E-state index contributed by atoms with van der Waals surface area (Å²) < 4.78 is 0. The molecule has 0 fully saturated rings. The highest BCUT2D eigenvalue weighted by Gasteiger charge is 2.31. The quantitative estimate of drug-likeness (QED) is 0.806. The average Bonchev–Trinajstić information content (AvgIpc) is 3.11. The molecule has 4 rings (SSSR count). The molecule has 2 aromatic rings. The standard InChI is InChI=1S/C20H19NO2/c1-12-10-13(2)14-8-9-21(18(14)11-12)20(23)17-5-3-4-16-15(17)6-7-19(16)22/h3-5,10-11H,6-9H2,1-2H3. The van der Waals surface area contributed by atoms with Gasteiger partial charge in [0.25, 0.3) is 5.91 Å². The van der Waals surface area contributed by atoms with E-state index in [0.29, 0.717) is 18.4 Å². The summed E-state index contributed by atoms with van der Waals surface area (Å²) in [6.07, 6.45) is 2.11. The molecule has 0 spiro atoms. The fourth-order valence-electron chi connectivity index (χ4n) is 3.93. The molecule has 1 aliphatic carbocycles. The van der Waals surface area contributed by atoms with E-state index >= 15 is 0 Å². The Morgan fingerprint density at radius 3 is 2.70 bits per heavy atom. The molecule has 0 N–H and O–H groups in total. The van der Waals surface area contributed by atoms with Gasteiger partial charge in [0.15, 0.2) is 5.78 Å². The number of rotatable bonds is 1. The smallest absolute Gasteiger partial charge is 0.258 e. The summed E-state index contributed by atoms with van der Waals surface area (Å²) in [5.41, 5.74) is 7.09. The summed E-state index contributed by atoms with van der Waals surface area (Å²) in [4.78, 5) is 26.9. The first kappa shape index (κ1) is 14.2. The Hall–Kier alpha value is -2.42. The highest BCUT2D eigenvalue weighted by molar-refractivity contribution is 6.11. The van der Waals surface area contributed by atoms with Gasteiger partial charge >= 0.3 is 0 Å². The first-order valence-corrected chi connectivity index (χ1v) is 8.13. The van der Waals surface area contributed by atoms with E-state index in [1.807, 2.05) is 23.1 Å². The number of Topliss-reactive ketones (excluding diaryl/α,β-unsaturated/α-hetero) is 1. The molecule has 0 saturated heterocycles. The van der Waals surface area contributed by atoms with Crippen molar-refractivity contribution in [2.45, 2.75) is 33.1 Å². The molecule has 0 saturated carbocycles. The maximum Gasteiger partial charge on any atom is 0.258 e. The summed E-state index contributed by atoms with van der Waals surface area (Å²) in [6, 6.07) is 9.80. The second-order valence-electron chi connectivity index (χ2n) is 6.54. The maximum atomic E-state index is 13.1. The largest absolute Gasteiger partial charge is 0.308 e. The van der Waals surface area contributed by atoms with Crippen LogP contribution in [0.1, 0.15) is 49.4 Å². The Balaban J connectivity index is 1.78. The van der Waals surface area contributed by atoms with Crippen LogP contribution in [0.3, 0.4) is 0 Å². The number of carbonyl (C=O) groups excluding carboxylic acids is 2. The van der Waals surface area contributed by atoms with Crippen LogP contribution in [0.25, 0.3) is 0 Å². The van der Waals surface area contributed by atoms with Crippen LogP contribution in [-0.4, -0.2) is 18.2 Å². The van der Waals surface area contributed by atoms with Crippen LogP contribution in [0, 0.1) is 13.8 Å². The van der Waals surface area contributed by atoms with Crippen molar-refractivity contribution in [3.8, 4) is 0 Å². The van der Waals surface area contributed by atoms with Crippen LogP contribution in [0.4, 0.5) is 5.69 Å². The summed E-state index contributed by atoms with van der Waals surface area (Å²) in [7, 11) is 0. The molecule has 3 heteroatoms. The summed E-state index contributed by atoms with van der Waals surface area (Å²) >= 11 is 0. The fourth-order valence-corrected chi connectivity index (χ4v) is 3.93. The van der Waals surface area contributed by atoms with Crippen molar-refractivity contribution in [1.82, 2.24) is 0 Å². The molecule has 2 aliphatic rings. The monoisotopic (exact) mass is 305 g/mol. The SMILES string of the molecule is Cc1cc(C)c2c(c1)N(C(=O)c1cccc3c1CCC3=O)CC2. The Morgan fingerprint density at radius 2 is 1.87 bits per heavy atom. The van der Waals surface area contributed by atoms with Crippen LogP contribution >= 0.6 is 0 Å². The summed E-state index contributed by atoms with van der Waals surface area (Å²) in [5, 5.41) is 0. The normalized spacial score (nSPS) is 15.7. The van der Waals surface area contributed by atoms with E-state index in [2.05, 4.69) is 26.0 Å². The number of hydrogen-bond acceptors (Lipinski definition) is 2. The number of fused-ring (bicyclic) bond motifs is 2. The van der Waals surface area contributed by atoms with Crippen molar-refractivity contribution in [2.24, 2.45) is 0 Å². The predicted octanol–water partition coefficient (Wildman–Crippen LogP) is 3.64. The molecule has 2 aromatic carbocycles. The molecule has 0 aromatic heterocycles. The molecule has 0 bridgehead atoms. The molecule has 23 heavy (non-hydrogen) atoms. The van der Waals surface area contributed by atoms with E-state index in [0.717, 1.165) is 29.8 Å². The molecule has 116 valence electrons. The van der Waals surface area contributed by atoms with Gasteiger partial charge < -0.3 is 4.90 Å². The average molecular weight is 305 g/mol. The highest BCUT2D eigenvalue weighted by atomic mass is 16.2. The number of nitrogens with zero attached hydrogens (tertiary/aromatic N) is 1. The van der Waals surface area contributed by atoms with E-state index in [-0.39, 0.29) is 11.7 Å². The lowest BCUT2D eigenvalue weighted by Crippen LogP contribution is -2.29. The van der Waals surface area contributed by atoms with Crippen molar-refractivity contribution in [3.63, 3.8) is 0 Å². The van der Waals surface area contributed by atoms with Crippen molar-refractivity contribution in [2.75, 3.05) is 11.4 Å². The number of hydrogen-bond donors (Lipinski definition) is 0. The molecule has 3 nitrogen and oxygen atoms in total. The van der Waals surface area contributed by atoms with Gasteiger partial charge in [-0.3, -0.25) is 9.59 Å². The summed E-state index contributed by atoms with van der Waals surface area (Å²) in [5.74, 6) is 0.184. The van der Waals surface area contributed by atoms with Gasteiger partial charge in [-0.05, 0) is 61.1 Å². The molecule has 1 heterocycles. The van der Waals surface area contributed by atoms with Gasteiger partial charge in [-0.1, -0.05) is 18.2 Å². The molecule has 1 aliphatic heterocycles. The van der Waals surface area contributed by atoms with Crippen molar-refractivity contribution in [1.29, 1.82) is 0 Å². The first-order valence-electron chi connectivity index (χ1n) is 8.13. The Labute approximate surface area is 135 Å². The third-order valence-electron chi connectivity index (χ3n) is 5.02. The van der Waals surface area contributed by atoms with E-state index in [9.17, 15) is 9.59 Å². The van der Waals surface area contributed by atoms with Gasteiger partial charge in [0.2, 0.25) is 0 Å².